The van der Waals surface area contributed by atoms with Crippen molar-refractivity contribution in [1.82, 2.24) is 10.4 Å². The van der Waals surface area contributed by atoms with Crippen molar-refractivity contribution < 1.29 is 9.63 Å². The Hall–Kier alpha value is -0.610. The summed E-state index contributed by atoms with van der Waals surface area (Å²) in [6.07, 6.45) is 0. The van der Waals surface area contributed by atoms with E-state index in [1.165, 1.54) is 0 Å². The van der Waals surface area contributed by atoms with Gasteiger partial charge in [-0.15, -0.1) is 0 Å². The Morgan fingerprint density at radius 2 is 2.18 bits per heavy atom. The molecule has 0 aromatic heterocycles. The fourth-order valence-corrected chi connectivity index (χ4v) is 0.526. The van der Waals surface area contributed by atoms with Gasteiger partial charge in [0, 0.05) is 13.6 Å². The van der Waals surface area contributed by atoms with E-state index in [-0.39, 0.29) is 12.5 Å². The Balaban J connectivity index is 3.36. The first-order valence-electron chi connectivity index (χ1n) is 3.81. The molecule has 4 nitrogen and oxygen atoms in total. The van der Waals surface area contributed by atoms with E-state index >= 15 is 0 Å². The first kappa shape index (κ1) is 10.4. The van der Waals surface area contributed by atoms with E-state index in [1.807, 2.05) is 13.8 Å². The first-order chi connectivity index (χ1) is 5.22. The summed E-state index contributed by atoms with van der Waals surface area (Å²) < 4.78 is 0. The number of hydroxylamine groups is 1. The Morgan fingerprint density at radius 3 is 2.64 bits per heavy atom. The molecule has 0 unspecified atom stereocenters. The smallest absolute Gasteiger partial charge is 0.238 e. The van der Waals surface area contributed by atoms with Crippen LogP contribution in [0, 0.1) is 0 Å². The molecule has 0 atom stereocenters. The van der Waals surface area contributed by atoms with Gasteiger partial charge in [-0.3, -0.25) is 4.79 Å². The van der Waals surface area contributed by atoms with Crippen molar-refractivity contribution in [2.75, 3.05) is 26.7 Å². The van der Waals surface area contributed by atoms with E-state index in [4.69, 9.17) is 4.84 Å². The van der Waals surface area contributed by atoms with Crippen LogP contribution < -0.4 is 5.48 Å². The SMILES string of the molecule is CCONCC(=O)N(C)CC. The van der Waals surface area contributed by atoms with Gasteiger partial charge in [-0.2, -0.15) is 5.48 Å². The Bertz CT molecular complexity index is 117. The van der Waals surface area contributed by atoms with Crippen molar-refractivity contribution in [1.29, 1.82) is 0 Å². The second-order valence-corrected chi connectivity index (χ2v) is 2.16. The summed E-state index contributed by atoms with van der Waals surface area (Å²) in [7, 11) is 1.76. The minimum absolute atomic E-state index is 0.0425. The standard InChI is InChI=1S/C7H16N2O2/c1-4-9(3)7(10)6-8-11-5-2/h8H,4-6H2,1-3H3. The lowest BCUT2D eigenvalue weighted by Gasteiger charge is -2.14. The average molecular weight is 160 g/mol. The second kappa shape index (κ2) is 6.12. The van der Waals surface area contributed by atoms with Crippen LogP contribution >= 0.6 is 0 Å². The van der Waals surface area contributed by atoms with Crippen LogP contribution in [0.4, 0.5) is 0 Å². The maximum atomic E-state index is 11.0. The van der Waals surface area contributed by atoms with Crippen molar-refractivity contribution >= 4 is 5.91 Å². The van der Waals surface area contributed by atoms with E-state index in [1.54, 1.807) is 11.9 Å². The van der Waals surface area contributed by atoms with Crippen molar-refractivity contribution in [2.24, 2.45) is 0 Å². The topological polar surface area (TPSA) is 41.6 Å². The van der Waals surface area contributed by atoms with Crippen molar-refractivity contribution in [3.63, 3.8) is 0 Å². The molecule has 0 radical (unpaired) electrons. The molecule has 1 N–H and O–H groups in total. The zero-order valence-electron chi connectivity index (χ0n) is 7.39. The third-order valence-corrected chi connectivity index (χ3v) is 1.37. The highest BCUT2D eigenvalue weighted by Crippen LogP contribution is 1.81. The van der Waals surface area contributed by atoms with Gasteiger partial charge in [-0.05, 0) is 13.8 Å². The predicted molar refractivity (Wildman–Crippen MR) is 42.9 cm³/mol. The van der Waals surface area contributed by atoms with Gasteiger partial charge in [0.05, 0.1) is 6.61 Å². The molecule has 0 spiro atoms. The quantitative estimate of drug-likeness (QED) is 0.455. The molecular weight excluding hydrogens is 144 g/mol. The van der Waals surface area contributed by atoms with Gasteiger partial charge >= 0.3 is 0 Å². The van der Waals surface area contributed by atoms with Crippen LogP contribution in [-0.2, 0) is 9.63 Å². The summed E-state index contributed by atoms with van der Waals surface area (Å²) in [5.41, 5.74) is 2.56. The van der Waals surface area contributed by atoms with Crippen LogP contribution in [0.1, 0.15) is 13.8 Å². The Morgan fingerprint density at radius 1 is 1.55 bits per heavy atom. The van der Waals surface area contributed by atoms with Gasteiger partial charge < -0.3 is 9.74 Å². The summed E-state index contributed by atoms with van der Waals surface area (Å²) in [5, 5.41) is 0. The van der Waals surface area contributed by atoms with Gasteiger partial charge in [0.15, 0.2) is 0 Å². The molecule has 0 saturated carbocycles. The van der Waals surface area contributed by atoms with Crippen LogP contribution in [0.2, 0.25) is 0 Å². The van der Waals surface area contributed by atoms with Crippen LogP contribution in [0.5, 0.6) is 0 Å². The zero-order valence-corrected chi connectivity index (χ0v) is 7.39. The number of nitrogens with zero attached hydrogens (tertiary/aromatic N) is 1. The summed E-state index contributed by atoms with van der Waals surface area (Å²) in [6.45, 7) is 5.34. The third-order valence-electron chi connectivity index (χ3n) is 1.37. The normalized spacial score (nSPS) is 9.73. The molecule has 0 rings (SSSR count). The highest BCUT2D eigenvalue weighted by molar-refractivity contribution is 5.77. The fourth-order valence-electron chi connectivity index (χ4n) is 0.526. The number of hydrogen-bond donors (Lipinski definition) is 1. The van der Waals surface area contributed by atoms with Crippen molar-refractivity contribution in [3.8, 4) is 0 Å². The van der Waals surface area contributed by atoms with Crippen LogP contribution in [0.25, 0.3) is 0 Å². The van der Waals surface area contributed by atoms with Gasteiger partial charge in [0.1, 0.15) is 6.54 Å². The second-order valence-electron chi connectivity index (χ2n) is 2.16. The lowest BCUT2D eigenvalue weighted by atomic mass is 10.5. The Labute approximate surface area is 67.5 Å². The maximum absolute atomic E-state index is 11.0. The molecule has 0 aromatic rings. The highest BCUT2D eigenvalue weighted by atomic mass is 16.6. The summed E-state index contributed by atoms with van der Waals surface area (Å²) in [6, 6.07) is 0. The van der Waals surface area contributed by atoms with Crippen molar-refractivity contribution in [2.45, 2.75) is 13.8 Å². The van der Waals surface area contributed by atoms with E-state index in [2.05, 4.69) is 5.48 Å². The lowest BCUT2D eigenvalue weighted by molar-refractivity contribution is -0.131. The van der Waals surface area contributed by atoms with Crippen LogP contribution in [-0.4, -0.2) is 37.6 Å². The molecule has 1 amide bonds. The molecule has 0 aliphatic carbocycles. The molecule has 0 heterocycles. The predicted octanol–water partition coefficient (Wildman–Crippen LogP) is 0.00580. The number of rotatable bonds is 5. The zero-order chi connectivity index (χ0) is 8.69. The molecule has 66 valence electrons. The van der Waals surface area contributed by atoms with Crippen molar-refractivity contribution in [3.05, 3.63) is 0 Å². The monoisotopic (exact) mass is 160 g/mol. The van der Waals surface area contributed by atoms with E-state index in [9.17, 15) is 4.79 Å². The van der Waals surface area contributed by atoms with E-state index in [0.29, 0.717) is 6.61 Å². The summed E-state index contributed by atoms with van der Waals surface area (Å²) in [5.74, 6) is 0.0425. The molecular formula is C7H16N2O2. The molecule has 0 fully saturated rings. The first-order valence-corrected chi connectivity index (χ1v) is 3.81. The molecule has 0 bridgehead atoms. The number of nitrogens with one attached hydrogen (secondary N) is 1. The van der Waals surface area contributed by atoms with E-state index in [0.717, 1.165) is 6.54 Å². The fraction of sp³-hybridized carbons (Fsp3) is 0.857. The number of carbonyl (C=O) groups is 1. The summed E-state index contributed by atoms with van der Waals surface area (Å²) >= 11 is 0. The minimum atomic E-state index is 0.0425. The largest absolute Gasteiger partial charge is 0.345 e. The number of carbonyl (C=O) groups excluding carboxylic acids is 1. The van der Waals surface area contributed by atoms with Crippen LogP contribution in [0.3, 0.4) is 0 Å². The van der Waals surface area contributed by atoms with Crippen LogP contribution in [0.15, 0.2) is 0 Å². The highest BCUT2D eigenvalue weighted by Gasteiger charge is 2.04. The number of amides is 1. The number of likely N-dealkylation sites (N-methyl/N-ethyl adjacent to an activating group) is 1. The molecule has 0 aliphatic rings. The lowest BCUT2D eigenvalue weighted by Crippen LogP contribution is -2.35. The van der Waals surface area contributed by atoms with Gasteiger partial charge in [-0.1, -0.05) is 0 Å². The molecule has 4 heteroatoms. The molecule has 0 saturated heterocycles. The number of hydrogen-bond acceptors (Lipinski definition) is 3. The third kappa shape index (κ3) is 4.75. The maximum Gasteiger partial charge on any atom is 0.238 e. The van der Waals surface area contributed by atoms with Gasteiger partial charge in [0.2, 0.25) is 5.91 Å². The molecule has 0 aromatic carbocycles. The van der Waals surface area contributed by atoms with E-state index < -0.39 is 0 Å². The summed E-state index contributed by atoms with van der Waals surface area (Å²) in [4.78, 5) is 17.5. The minimum Gasteiger partial charge on any atom is -0.345 e. The Kier molecular flexibility index (Phi) is 5.78. The van der Waals surface area contributed by atoms with Gasteiger partial charge in [0.25, 0.3) is 0 Å². The molecule has 0 aliphatic heterocycles. The molecule has 11 heavy (non-hydrogen) atoms. The van der Waals surface area contributed by atoms with Gasteiger partial charge in [-0.25, -0.2) is 0 Å². The average Bonchev–Trinajstić information content (AvgIpc) is 2.03.